The van der Waals surface area contributed by atoms with E-state index in [-0.39, 0.29) is 16.5 Å². The first-order chi connectivity index (χ1) is 7.89. The number of benzene rings is 1. The van der Waals surface area contributed by atoms with Crippen molar-refractivity contribution >= 4 is 21.6 Å². The van der Waals surface area contributed by atoms with Gasteiger partial charge in [0.25, 0.3) is 0 Å². The Labute approximate surface area is 105 Å². The molecule has 0 aromatic heterocycles. The second-order valence-corrected chi connectivity index (χ2v) is 5.96. The van der Waals surface area contributed by atoms with Crippen molar-refractivity contribution in [2.75, 3.05) is 20.1 Å². The van der Waals surface area contributed by atoms with E-state index in [2.05, 4.69) is 0 Å². The average Bonchev–Trinajstić information content (AvgIpc) is 2.28. The van der Waals surface area contributed by atoms with Gasteiger partial charge in [-0.25, -0.2) is 17.1 Å². The quantitative estimate of drug-likeness (QED) is 0.888. The van der Waals surface area contributed by atoms with E-state index in [1.807, 2.05) is 0 Å². The van der Waals surface area contributed by atoms with Gasteiger partial charge in [0.15, 0.2) is 0 Å². The van der Waals surface area contributed by atoms with Crippen LogP contribution in [0.1, 0.15) is 6.42 Å². The Morgan fingerprint density at radius 1 is 1.47 bits per heavy atom. The highest BCUT2D eigenvalue weighted by Gasteiger charge is 2.23. The molecule has 0 radical (unpaired) electrons. The Morgan fingerprint density at radius 2 is 2.12 bits per heavy atom. The number of halogens is 2. The van der Waals surface area contributed by atoms with Crippen LogP contribution in [0.5, 0.6) is 0 Å². The molecule has 0 amide bonds. The van der Waals surface area contributed by atoms with E-state index in [1.165, 1.54) is 13.1 Å². The minimum atomic E-state index is -3.76. The normalized spacial score (nSPS) is 12.1. The first kappa shape index (κ1) is 14.4. The average molecular weight is 281 g/mol. The second kappa shape index (κ2) is 5.77. The molecule has 0 saturated heterocycles. The van der Waals surface area contributed by atoms with E-state index >= 15 is 0 Å². The van der Waals surface area contributed by atoms with Gasteiger partial charge in [-0.3, -0.25) is 0 Å². The molecule has 0 spiro atoms. The van der Waals surface area contributed by atoms with Crippen molar-refractivity contribution in [3.63, 3.8) is 0 Å². The molecule has 0 atom stereocenters. The van der Waals surface area contributed by atoms with Crippen LogP contribution in [0.4, 0.5) is 4.39 Å². The van der Waals surface area contributed by atoms with Crippen molar-refractivity contribution in [3.05, 3.63) is 29.0 Å². The van der Waals surface area contributed by atoms with Gasteiger partial charge in [-0.2, -0.15) is 0 Å². The van der Waals surface area contributed by atoms with E-state index in [1.54, 1.807) is 0 Å². The van der Waals surface area contributed by atoms with Crippen molar-refractivity contribution in [2.45, 2.75) is 11.3 Å². The zero-order valence-corrected chi connectivity index (χ0v) is 10.9. The van der Waals surface area contributed by atoms with Crippen LogP contribution in [0.15, 0.2) is 23.1 Å². The van der Waals surface area contributed by atoms with Crippen LogP contribution < -0.4 is 5.73 Å². The number of hydrogen-bond donors (Lipinski definition) is 1. The lowest BCUT2D eigenvalue weighted by atomic mass is 10.3. The molecule has 0 saturated carbocycles. The molecule has 0 aliphatic carbocycles. The summed E-state index contributed by atoms with van der Waals surface area (Å²) >= 11 is 5.76. The fourth-order valence-electron chi connectivity index (χ4n) is 1.28. The van der Waals surface area contributed by atoms with Gasteiger partial charge in [0, 0.05) is 13.6 Å². The summed E-state index contributed by atoms with van der Waals surface area (Å²) in [5.74, 6) is -0.639. The van der Waals surface area contributed by atoms with E-state index in [4.69, 9.17) is 17.3 Å². The van der Waals surface area contributed by atoms with Crippen molar-refractivity contribution < 1.29 is 12.8 Å². The van der Waals surface area contributed by atoms with Crippen LogP contribution in [0.3, 0.4) is 0 Å². The van der Waals surface area contributed by atoms with Crippen molar-refractivity contribution in [2.24, 2.45) is 5.73 Å². The van der Waals surface area contributed by atoms with Gasteiger partial charge >= 0.3 is 0 Å². The predicted molar refractivity (Wildman–Crippen MR) is 64.9 cm³/mol. The van der Waals surface area contributed by atoms with Gasteiger partial charge in [-0.15, -0.1) is 0 Å². The molecule has 1 aromatic rings. The molecule has 0 fully saturated rings. The highest BCUT2D eigenvalue weighted by molar-refractivity contribution is 7.89. The summed E-state index contributed by atoms with van der Waals surface area (Å²) in [6.07, 6.45) is 0.530. The largest absolute Gasteiger partial charge is 0.330 e. The molecule has 0 unspecified atom stereocenters. The third-order valence-electron chi connectivity index (χ3n) is 2.26. The zero-order chi connectivity index (χ0) is 13.1. The van der Waals surface area contributed by atoms with Gasteiger partial charge in [-0.05, 0) is 31.2 Å². The first-order valence-corrected chi connectivity index (χ1v) is 6.83. The van der Waals surface area contributed by atoms with Gasteiger partial charge in [0.2, 0.25) is 10.0 Å². The Hall–Kier alpha value is -0.690. The Bertz CT molecular complexity index is 493. The molecule has 0 bridgehead atoms. The van der Waals surface area contributed by atoms with Gasteiger partial charge in [0.1, 0.15) is 10.7 Å². The van der Waals surface area contributed by atoms with E-state index in [0.717, 1.165) is 16.4 Å². The fourth-order valence-corrected chi connectivity index (χ4v) is 2.97. The molecular weight excluding hydrogens is 267 g/mol. The maximum atomic E-state index is 13.0. The molecule has 17 heavy (non-hydrogen) atoms. The van der Waals surface area contributed by atoms with Crippen LogP contribution in [0, 0.1) is 5.82 Å². The summed E-state index contributed by atoms with van der Waals surface area (Å²) in [6.45, 7) is 0.655. The van der Waals surface area contributed by atoms with E-state index < -0.39 is 15.8 Å². The standard InChI is InChI=1S/C10H14ClFN2O2S/c1-14(6-2-5-13)17(15,16)10-7-8(12)3-4-9(10)11/h3-4,7H,2,5-6,13H2,1H3. The lowest BCUT2D eigenvalue weighted by Crippen LogP contribution is -2.29. The smallest absolute Gasteiger partial charge is 0.244 e. The number of nitrogens with zero attached hydrogens (tertiary/aromatic N) is 1. The third-order valence-corrected chi connectivity index (χ3v) is 4.60. The topological polar surface area (TPSA) is 63.4 Å². The molecule has 96 valence electrons. The summed E-state index contributed by atoms with van der Waals surface area (Å²) in [5, 5.41) is 0.00555. The summed E-state index contributed by atoms with van der Waals surface area (Å²) in [4.78, 5) is -0.223. The summed E-state index contributed by atoms with van der Waals surface area (Å²) in [7, 11) is -2.35. The third kappa shape index (κ3) is 3.38. The van der Waals surface area contributed by atoms with Crippen molar-refractivity contribution in [1.29, 1.82) is 0 Å². The molecular formula is C10H14ClFN2O2S. The summed E-state index contributed by atoms with van der Waals surface area (Å²) in [5.41, 5.74) is 5.31. The first-order valence-electron chi connectivity index (χ1n) is 5.01. The fraction of sp³-hybridized carbons (Fsp3) is 0.400. The van der Waals surface area contributed by atoms with Crippen molar-refractivity contribution in [1.82, 2.24) is 4.31 Å². The van der Waals surface area contributed by atoms with Crippen LogP contribution in [0.25, 0.3) is 0 Å². The molecule has 4 nitrogen and oxygen atoms in total. The van der Waals surface area contributed by atoms with Crippen LogP contribution in [-0.4, -0.2) is 32.9 Å². The van der Waals surface area contributed by atoms with Crippen molar-refractivity contribution in [3.8, 4) is 0 Å². The molecule has 0 aliphatic heterocycles. The molecule has 2 N–H and O–H groups in total. The summed E-state index contributed by atoms with van der Waals surface area (Å²) in [6, 6.07) is 3.25. The minimum Gasteiger partial charge on any atom is -0.330 e. The minimum absolute atomic E-state index is 0.00555. The lowest BCUT2D eigenvalue weighted by Gasteiger charge is -2.17. The van der Waals surface area contributed by atoms with Gasteiger partial charge in [0.05, 0.1) is 5.02 Å². The maximum Gasteiger partial charge on any atom is 0.244 e. The van der Waals surface area contributed by atoms with Gasteiger partial charge < -0.3 is 5.73 Å². The SMILES string of the molecule is CN(CCCN)S(=O)(=O)c1cc(F)ccc1Cl. The van der Waals surface area contributed by atoms with Gasteiger partial charge in [-0.1, -0.05) is 11.6 Å². The van der Waals surface area contributed by atoms with Crippen LogP contribution >= 0.6 is 11.6 Å². The molecule has 1 aromatic carbocycles. The molecule has 0 heterocycles. The van der Waals surface area contributed by atoms with Crippen LogP contribution in [0.2, 0.25) is 5.02 Å². The Morgan fingerprint density at radius 3 is 2.71 bits per heavy atom. The summed E-state index contributed by atoms with van der Waals surface area (Å²) < 4.78 is 38.2. The number of rotatable bonds is 5. The molecule has 1 rings (SSSR count). The highest BCUT2D eigenvalue weighted by atomic mass is 35.5. The number of sulfonamides is 1. The predicted octanol–water partition coefficient (Wildman–Crippen LogP) is 1.45. The zero-order valence-electron chi connectivity index (χ0n) is 9.36. The Balaban J connectivity index is 3.08. The van der Waals surface area contributed by atoms with E-state index in [9.17, 15) is 12.8 Å². The number of hydrogen-bond acceptors (Lipinski definition) is 3. The Kier molecular flexibility index (Phi) is 4.88. The number of nitrogens with two attached hydrogens (primary N) is 1. The second-order valence-electron chi connectivity index (χ2n) is 3.54. The highest BCUT2D eigenvalue weighted by Crippen LogP contribution is 2.24. The monoisotopic (exact) mass is 280 g/mol. The van der Waals surface area contributed by atoms with Crippen LogP contribution in [-0.2, 0) is 10.0 Å². The molecule has 0 aliphatic rings. The van der Waals surface area contributed by atoms with E-state index in [0.29, 0.717) is 13.0 Å². The lowest BCUT2D eigenvalue weighted by molar-refractivity contribution is 0.463. The maximum absolute atomic E-state index is 13.0. The molecule has 7 heteroatoms.